The summed E-state index contributed by atoms with van der Waals surface area (Å²) < 4.78 is 6.07. The number of furan rings is 1. The van der Waals surface area contributed by atoms with Crippen molar-refractivity contribution in [2.24, 2.45) is 5.92 Å². The molecule has 5 aromatic rings. The Labute approximate surface area is 176 Å². The molecule has 0 N–H and O–H groups in total. The van der Waals surface area contributed by atoms with Crippen molar-refractivity contribution in [3.05, 3.63) is 84.6 Å². The predicted molar refractivity (Wildman–Crippen MR) is 123 cm³/mol. The van der Waals surface area contributed by atoms with Gasteiger partial charge in [-0.2, -0.15) is 0 Å². The van der Waals surface area contributed by atoms with Crippen molar-refractivity contribution in [3.63, 3.8) is 0 Å². The van der Waals surface area contributed by atoms with Gasteiger partial charge in [-0.1, -0.05) is 51.1 Å². The van der Waals surface area contributed by atoms with Crippen LogP contribution in [0.3, 0.4) is 0 Å². The van der Waals surface area contributed by atoms with Gasteiger partial charge in [0.05, 0.1) is 11.4 Å². The maximum atomic E-state index is 6.07. The number of pyridine rings is 2. The maximum absolute atomic E-state index is 6.07. The van der Waals surface area contributed by atoms with Crippen LogP contribution in [-0.2, 0) is 0 Å². The fourth-order valence-corrected chi connectivity index (χ4v) is 3.86. The summed E-state index contributed by atoms with van der Waals surface area (Å²) in [5.74, 6) is 1.08. The molecule has 0 aliphatic heterocycles. The fourth-order valence-electron chi connectivity index (χ4n) is 3.86. The molecular formula is C27H24N2O. The Balaban J connectivity index is 1.59. The van der Waals surface area contributed by atoms with Crippen LogP contribution in [0.15, 0.2) is 83.4 Å². The lowest BCUT2D eigenvalue weighted by Gasteiger charge is -2.16. The molecule has 5 rings (SSSR count). The van der Waals surface area contributed by atoms with Crippen molar-refractivity contribution in [2.45, 2.75) is 26.7 Å². The van der Waals surface area contributed by atoms with Gasteiger partial charge < -0.3 is 4.42 Å². The molecule has 2 aromatic carbocycles. The van der Waals surface area contributed by atoms with E-state index >= 15 is 0 Å². The lowest BCUT2D eigenvalue weighted by atomic mass is 9.90. The van der Waals surface area contributed by atoms with E-state index in [2.05, 4.69) is 74.3 Å². The Bertz CT molecular complexity index is 1340. The first-order valence-electron chi connectivity index (χ1n) is 10.5. The van der Waals surface area contributed by atoms with Crippen LogP contribution in [0.1, 0.15) is 32.3 Å². The van der Waals surface area contributed by atoms with E-state index in [0.29, 0.717) is 17.5 Å². The summed E-state index contributed by atoms with van der Waals surface area (Å²) in [6, 6.07) is 24.9. The third-order valence-electron chi connectivity index (χ3n) is 6.01. The van der Waals surface area contributed by atoms with Crippen LogP contribution in [0.25, 0.3) is 44.6 Å². The normalized spacial score (nSPS) is 12.7. The molecule has 0 saturated heterocycles. The molecule has 1 atom stereocenters. The van der Waals surface area contributed by atoms with Gasteiger partial charge in [-0.15, -0.1) is 0 Å². The molecule has 148 valence electrons. The summed E-state index contributed by atoms with van der Waals surface area (Å²) in [5, 5.41) is 2.09. The second-order valence-corrected chi connectivity index (χ2v) is 8.24. The predicted octanol–water partition coefficient (Wildman–Crippen LogP) is 7.47. The SMILES string of the molecule is CC(C)C(C)c1ccnc(-c2ccc3oc4nc(-c5ccccc5)ccc4c3c2)c1. The van der Waals surface area contributed by atoms with E-state index < -0.39 is 0 Å². The Hall–Kier alpha value is -3.46. The Kier molecular flexibility index (Phi) is 4.59. The number of aromatic nitrogens is 2. The third-order valence-corrected chi connectivity index (χ3v) is 6.01. The van der Waals surface area contributed by atoms with Crippen LogP contribution in [-0.4, -0.2) is 9.97 Å². The number of benzene rings is 2. The lowest BCUT2D eigenvalue weighted by molar-refractivity contribution is 0.535. The molecule has 0 radical (unpaired) electrons. The van der Waals surface area contributed by atoms with Crippen molar-refractivity contribution in [2.75, 3.05) is 0 Å². The van der Waals surface area contributed by atoms with Gasteiger partial charge in [-0.3, -0.25) is 4.98 Å². The highest BCUT2D eigenvalue weighted by Crippen LogP contribution is 2.33. The van der Waals surface area contributed by atoms with Gasteiger partial charge in [-0.25, -0.2) is 4.98 Å². The van der Waals surface area contributed by atoms with Crippen LogP contribution in [0.4, 0.5) is 0 Å². The number of hydrogen-bond acceptors (Lipinski definition) is 3. The molecule has 3 heteroatoms. The molecule has 0 saturated carbocycles. The van der Waals surface area contributed by atoms with Crippen molar-refractivity contribution < 1.29 is 4.42 Å². The van der Waals surface area contributed by atoms with Crippen LogP contribution < -0.4 is 0 Å². The zero-order valence-corrected chi connectivity index (χ0v) is 17.5. The Morgan fingerprint density at radius 2 is 1.57 bits per heavy atom. The largest absolute Gasteiger partial charge is 0.438 e. The van der Waals surface area contributed by atoms with Gasteiger partial charge in [0.1, 0.15) is 5.58 Å². The minimum atomic E-state index is 0.492. The molecule has 30 heavy (non-hydrogen) atoms. The minimum Gasteiger partial charge on any atom is -0.438 e. The summed E-state index contributed by atoms with van der Waals surface area (Å²) in [5.41, 5.74) is 6.92. The van der Waals surface area contributed by atoms with Gasteiger partial charge in [0.15, 0.2) is 0 Å². The summed E-state index contributed by atoms with van der Waals surface area (Å²) in [6.07, 6.45) is 1.91. The van der Waals surface area contributed by atoms with E-state index in [0.717, 1.165) is 38.9 Å². The summed E-state index contributed by atoms with van der Waals surface area (Å²) in [6.45, 7) is 6.78. The second kappa shape index (κ2) is 7.42. The van der Waals surface area contributed by atoms with Gasteiger partial charge in [0, 0.05) is 28.1 Å². The Morgan fingerprint density at radius 3 is 2.37 bits per heavy atom. The summed E-state index contributed by atoms with van der Waals surface area (Å²) in [4.78, 5) is 9.39. The summed E-state index contributed by atoms with van der Waals surface area (Å²) >= 11 is 0. The number of hydrogen-bond donors (Lipinski definition) is 0. The quantitative estimate of drug-likeness (QED) is 0.318. The molecule has 3 heterocycles. The molecule has 0 aliphatic rings. The van der Waals surface area contributed by atoms with Crippen LogP contribution in [0.5, 0.6) is 0 Å². The van der Waals surface area contributed by atoms with E-state index in [1.165, 1.54) is 5.56 Å². The zero-order valence-electron chi connectivity index (χ0n) is 17.5. The first kappa shape index (κ1) is 18.6. The topological polar surface area (TPSA) is 38.9 Å². The Morgan fingerprint density at radius 1 is 0.733 bits per heavy atom. The van der Waals surface area contributed by atoms with Gasteiger partial charge >= 0.3 is 0 Å². The molecule has 3 nitrogen and oxygen atoms in total. The van der Waals surface area contributed by atoms with E-state index in [4.69, 9.17) is 9.40 Å². The number of fused-ring (bicyclic) bond motifs is 3. The van der Waals surface area contributed by atoms with Crippen LogP contribution in [0, 0.1) is 5.92 Å². The van der Waals surface area contributed by atoms with Crippen LogP contribution in [0.2, 0.25) is 0 Å². The molecular weight excluding hydrogens is 368 g/mol. The number of rotatable bonds is 4. The monoisotopic (exact) mass is 392 g/mol. The van der Waals surface area contributed by atoms with Crippen molar-refractivity contribution in [1.29, 1.82) is 0 Å². The molecule has 3 aromatic heterocycles. The third kappa shape index (κ3) is 3.26. The summed E-state index contributed by atoms with van der Waals surface area (Å²) in [7, 11) is 0. The maximum Gasteiger partial charge on any atom is 0.227 e. The minimum absolute atomic E-state index is 0.492. The van der Waals surface area contributed by atoms with Crippen molar-refractivity contribution in [3.8, 4) is 22.5 Å². The highest BCUT2D eigenvalue weighted by atomic mass is 16.3. The fraction of sp³-hybridized carbons (Fsp3) is 0.185. The van der Waals surface area contributed by atoms with E-state index in [1.54, 1.807) is 0 Å². The van der Waals surface area contributed by atoms with Gasteiger partial charge in [0.25, 0.3) is 0 Å². The first-order valence-corrected chi connectivity index (χ1v) is 10.5. The van der Waals surface area contributed by atoms with E-state index in [1.807, 2.05) is 30.5 Å². The highest BCUT2D eigenvalue weighted by Gasteiger charge is 2.14. The smallest absolute Gasteiger partial charge is 0.227 e. The molecule has 0 aliphatic carbocycles. The molecule has 0 bridgehead atoms. The molecule has 0 amide bonds. The standard InChI is InChI=1S/C27H24N2O/c1-17(2)18(3)20-13-14-28-25(16-20)21-9-12-26-23(15-21)22-10-11-24(29-27(22)30-26)19-7-5-4-6-8-19/h4-18H,1-3H3. The van der Waals surface area contributed by atoms with Gasteiger partial charge in [-0.05, 0) is 59.9 Å². The molecule has 0 fully saturated rings. The average molecular weight is 393 g/mol. The van der Waals surface area contributed by atoms with E-state index in [-0.39, 0.29) is 0 Å². The van der Waals surface area contributed by atoms with E-state index in [9.17, 15) is 0 Å². The zero-order chi connectivity index (χ0) is 20.7. The number of nitrogens with zero attached hydrogens (tertiary/aromatic N) is 2. The first-order chi connectivity index (χ1) is 14.6. The van der Waals surface area contributed by atoms with Gasteiger partial charge in [0.2, 0.25) is 5.71 Å². The lowest BCUT2D eigenvalue weighted by Crippen LogP contribution is -2.02. The highest BCUT2D eigenvalue weighted by molar-refractivity contribution is 6.05. The molecule has 0 spiro atoms. The molecule has 1 unspecified atom stereocenters. The second-order valence-electron chi connectivity index (χ2n) is 8.24. The van der Waals surface area contributed by atoms with Crippen molar-refractivity contribution in [1.82, 2.24) is 9.97 Å². The van der Waals surface area contributed by atoms with Crippen LogP contribution >= 0.6 is 0 Å². The average Bonchev–Trinajstić information content (AvgIpc) is 3.16. The van der Waals surface area contributed by atoms with Crippen molar-refractivity contribution >= 4 is 22.1 Å².